The van der Waals surface area contributed by atoms with Crippen LogP contribution in [0, 0.1) is 5.92 Å². The van der Waals surface area contributed by atoms with Crippen molar-refractivity contribution in [3.05, 3.63) is 12.7 Å². The molecule has 3 atom stereocenters. The molecule has 2 aromatic rings. The van der Waals surface area contributed by atoms with Crippen LogP contribution in [0.15, 0.2) is 12.7 Å². The number of nitrogens with two attached hydrogens (primary N) is 1. The van der Waals surface area contributed by atoms with E-state index in [1.807, 2.05) is 4.57 Å². The molecule has 3 unspecified atom stereocenters. The summed E-state index contributed by atoms with van der Waals surface area (Å²) < 4.78 is 8.00. The summed E-state index contributed by atoms with van der Waals surface area (Å²) in [5, 5.41) is 0. The second-order valence-electron chi connectivity index (χ2n) is 4.85. The van der Waals surface area contributed by atoms with Gasteiger partial charge in [0.1, 0.15) is 18.1 Å². The lowest BCUT2D eigenvalue weighted by atomic mass is 10.0. The zero-order chi connectivity index (χ0) is 12.7. The molecule has 0 spiro atoms. The smallest absolute Gasteiger partial charge is 0.167 e. The number of imidazole rings is 1. The van der Waals surface area contributed by atoms with Crippen molar-refractivity contribution in [1.82, 2.24) is 19.5 Å². The van der Waals surface area contributed by atoms with E-state index in [0.717, 1.165) is 18.5 Å². The summed E-state index contributed by atoms with van der Waals surface area (Å²) in [7, 11) is 0. The highest BCUT2D eigenvalue weighted by atomic mass is 16.5. The molecule has 1 aliphatic heterocycles. The van der Waals surface area contributed by atoms with Gasteiger partial charge in [-0.2, -0.15) is 0 Å². The monoisotopic (exact) mass is 247 g/mol. The lowest BCUT2D eigenvalue weighted by Gasteiger charge is -2.17. The lowest BCUT2D eigenvalue weighted by molar-refractivity contribution is -0.00904. The predicted octanol–water partition coefficient (Wildman–Crippen LogP) is 1.74. The zero-order valence-corrected chi connectivity index (χ0v) is 10.6. The summed E-state index contributed by atoms with van der Waals surface area (Å²) in [6, 6.07) is 0. The molecule has 6 nitrogen and oxygen atoms in total. The van der Waals surface area contributed by atoms with Crippen molar-refractivity contribution in [1.29, 1.82) is 0 Å². The van der Waals surface area contributed by atoms with E-state index in [4.69, 9.17) is 10.5 Å². The molecule has 0 aliphatic carbocycles. The highest BCUT2D eigenvalue weighted by Gasteiger charge is 2.33. The minimum absolute atomic E-state index is 0.00532. The average Bonchev–Trinajstić information content (AvgIpc) is 2.93. The molecule has 1 saturated heterocycles. The molecule has 1 fully saturated rings. The molecule has 0 radical (unpaired) electrons. The molecule has 3 heterocycles. The van der Waals surface area contributed by atoms with Gasteiger partial charge >= 0.3 is 0 Å². The molecule has 2 N–H and O–H groups in total. The molecular formula is C12H17N5O. The first kappa shape index (κ1) is 11.4. The van der Waals surface area contributed by atoms with Crippen LogP contribution in [-0.2, 0) is 4.74 Å². The molecule has 18 heavy (non-hydrogen) atoms. The first-order valence-electron chi connectivity index (χ1n) is 6.29. The van der Waals surface area contributed by atoms with E-state index in [9.17, 15) is 0 Å². The number of nitrogen functional groups attached to an aromatic ring is 1. The van der Waals surface area contributed by atoms with Crippen LogP contribution in [-0.4, -0.2) is 25.6 Å². The Morgan fingerprint density at radius 2 is 2.28 bits per heavy atom. The van der Waals surface area contributed by atoms with Crippen molar-refractivity contribution in [3.8, 4) is 0 Å². The predicted molar refractivity (Wildman–Crippen MR) is 67.7 cm³/mol. The van der Waals surface area contributed by atoms with Gasteiger partial charge in [-0.15, -0.1) is 0 Å². The quantitative estimate of drug-likeness (QED) is 0.874. The summed E-state index contributed by atoms with van der Waals surface area (Å²) in [5.41, 5.74) is 7.18. The molecule has 96 valence electrons. The fourth-order valence-corrected chi connectivity index (χ4v) is 2.58. The van der Waals surface area contributed by atoms with Crippen molar-refractivity contribution in [3.63, 3.8) is 0 Å². The van der Waals surface area contributed by atoms with Crippen LogP contribution in [0.1, 0.15) is 32.9 Å². The topological polar surface area (TPSA) is 78.9 Å². The zero-order valence-electron chi connectivity index (χ0n) is 10.6. The number of hydrogen-bond acceptors (Lipinski definition) is 5. The molecule has 2 aromatic heterocycles. The van der Waals surface area contributed by atoms with Gasteiger partial charge in [-0.3, -0.25) is 4.57 Å². The second-order valence-corrected chi connectivity index (χ2v) is 4.85. The largest absolute Gasteiger partial charge is 0.382 e. The third kappa shape index (κ3) is 1.64. The third-order valence-corrected chi connectivity index (χ3v) is 3.57. The summed E-state index contributed by atoms with van der Waals surface area (Å²) in [6.45, 7) is 4.34. The summed E-state index contributed by atoms with van der Waals surface area (Å²) in [6.07, 6.45) is 5.63. The number of hydrogen-bond donors (Lipinski definition) is 1. The van der Waals surface area contributed by atoms with Crippen molar-refractivity contribution < 1.29 is 4.74 Å². The molecule has 0 saturated carbocycles. The van der Waals surface area contributed by atoms with Crippen LogP contribution in [0.2, 0.25) is 0 Å². The molecule has 3 rings (SSSR count). The van der Waals surface area contributed by atoms with Crippen molar-refractivity contribution >= 4 is 17.0 Å². The Morgan fingerprint density at radius 1 is 1.44 bits per heavy atom. The molecule has 0 amide bonds. The number of fused-ring (bicyclic) bond motifs is 1. The summed E-state index contributed by atoms with van der Waals surface area (Å²) in [5.74, 6) is 0.861. The second kappa shape index (κ2) is 4.20. The maximum Gasteiger partial charge on any atom is 0.167 e. The van der Waals surface area contributed by atoms with Gasteiger partial charge in [-0.05, 0) is 12.8 Å². The van der Waals surface area contributed by atoms with Gasteiger partial charge in [-0.1, -0.05) is 13.8 Å². The number of ether oxygens (including phenoxy) is 1. The molecule has 1 aliphatic rings. The summed E-state index contributed by atoms with van der Waals surface area (Å²) in [4.78, 5) is 12.5. The van der Waals surface area contributed by atoms with Gasteiger partial charge in [0.2, 0.25) is 0 Å². The number of aromatic nitrogens is 4. The standard InChI is InChI=1S/C12H17N5O/c1-3-8-4-7(2)12(18-8)17-6-16-9-10(13)14-5-15-11(9)17/h5-8,12H,3-4H2,1-2H3,(H2,13,14,15). The van der Waals surface area contributed by atoms with Crippen molar-refractivity contribution in [2.75, 3.05) is 5.73 Å². The van der Waals surface area contributed by atoms with Crippen molar-refractivity contribution in [2.45, 2.75) is 39.0 Å². The first-order chi connectivity index (χ1) is 8.70. The minimum atomic E-state index is -0.00532. The fraction of sp³-hybridized carbons (Fsp3) is 0.583. The molecule has 0 bridgehead atoms. The fourth-order valence-electron chi connectivity index (χ4n) is 2.58. The third-order valence-electron chi connectivity index (χ3n) is 3.57. The van der Waals surface area contributed by atoms with Gasteiger partial charge < -0.3 is 10.5 Å². The minimum Gasteiger partial charge on any atom is -0.382 e. The van der Waals surface area contributed by atoms with Gasteiger partial charge in [0.25, 0.3) is 0 Å². The van der Waals surface area contributed by atoms with E-state index >= 15 is 0 Å². The molecular weight excluding hydrogens is 230 g/mol. The van der Waals surface area contributed by atoms with Crippen LogP contribution in [0.25, 0.3) is 11.2 Å². The van der Waals surface area contributed by atoms with Gasteiger partial charge in [0.15, 0.2) is 11.5 Å². The maximum atomic E-state index is 6.04. The summed E-state index contributed by atoms with van der Waals surface area (Å²) >= 11 is 0. The molecule has 6 heteroatoms. The van der Waals surface area contributed by atoms with Gasteiger partial charge in [-0.25, -0.2) is 15.0 Å². The maximum absolute atomic E-state index is 6.04. The van der Waals surface area contributed by atoms with E-state index in [-0.39, 0.29) is 6.23 Å². The van der Waals surface area contributed by atoms with Crippen LogP contribution >= 0.6 is 0 Å². The lowest BCUT2D eigenvalue weighted by Crippen LogP contribution is -2.13. The van der Waals surface area contributed by atoms with E-state index < -0.39 is 0 Å². The Morgan fingerprint density at radius 3 is 3.00 bits per heavy atom. The van der Waals surface area contributed by atoms with E-state index in [2.05, 4.69) is 28.8 Å². The SMILES string of the molecule is CCC1CC(C)C(n2cnc3c(N)ncnc32)O1. The number of nitrogens with zero attached hydrogens (tertiary/aromatic N) is 4. The van der Waals surface area contributed by atoms with Crippen LogP contribution in [0.5, 0.6) is 0 Å². The number of anilines is 1. The van der Waals surface area contributed by atoms with Crippen LogP contribution in [0.4, 0.5) is 5.82 Å². The highest BCUT2D eigenvalue weighted by Crippen LogP contribution is 2.36. The Hall–Kier alpha value is -1.69. The number of rotatable bonds is 2. The average molecular weight is 247 g/mol. The van der Waals surface area contributed by atoms with E-state index in [1.54, 1.807) is 6.33 Å². The van der Waals surface area contributed by atoms with Gasteiger partial charge in [0, 0.05) is 5.92 Å². The van der Waals surface area contributed by atoms with E-state index in [1.165, 1.54) is 6.33 Å². The van der Waals surface area contributed by atoms with E-state index in [0.29, 0.717) is 23.4 Å². The molecule has 0 aromatic carbocycles. The van der Waals surface area contributed by atoms with Crippen LogP contribution in [0.3, 0.4) is 0 Å². The Kier molecular flexibility index (Phi) is 2.66. The van der Waals surface area contributed by atoms with Crippen molar-refractivity contribution in [2.24, 2.45) is 5.92 Å². The normalized spacial score (nSPS) is 28.0. The Labute approximate surface area is 105 Å². The van der Waals surface area contributed by atoms with Crippen LogP contribution < -0.4 is 5.73 Å². The Balaban J connectivity index is 2.02. The first-order valence-corrected chi connectivity index (χ1v) is 6.29. The van der Waals surface area contributed by atoms with Gasteiger partial charge in [0.05, 0.1) is 12.4 Å². The highest BCUT2D eigenvalue weighted by molar-refractivity contribution is 5.81. The Bertz CT molecular complexity index is 567.